The first-order valence-corrected chi connectivity index (χ1v) is 8.60. The van der Waals surface area contributed by atoms with Crippen molar-refractivity contribution < 1.29 is 9.47 Å². The van der Waals surface area contributed by atoms with E-state index in [0.29, 0.717) is 11.4 Å². The molecule has 0 bridgehead atoms. The van der Waals surface area contributed by atoms with Crippen LogP contribution in [0.4, 0.5) is 5.69 Å². The molecule has 24 heavy (non-hydrogen) atoms. The molecule has 0 unspecified atom stereocenters. The molecule has 3 nitrogen and oxygen atoms in total. The quantitative estimate of drug-likeness (QED) is 0.656. The summed E-state index contributed by atoms with van der Waals surface area (Å²) in [6, 6.07) is 12.3. The van der Waals surface area contributed by atoms with Crippen molar-refractivity contribution in [3.63, 3.8) is 0 Å². The SMILES string of the molecule is COc1ccc(-c2ccsc2-c2cc(C)c(C)c(OC)c2)cc1N. The zero-order chi connectivity index (χ0) is 17.3. The van der Waals surface area contributed by atoms with Gasteiger partial charge < -0.3 is 15.2 Å². The smallest absolute Gasteiger partial charge is 0.141 e. The molecule has 0 saturated heterocycles. The normalized spacial score (nSPS) is 10.7. The molecule has 3 rings (SSSR count). The van der Waals surface area contributed by atoms with E-state index in [-0.39, 0.29) is 0 Å². The van der Waals surface area contributed by atoms with E-state index in [0.717, 1.165) is 16.9 Å². The number of nitrogen functional groups attached to an aromatic ring is 1. The van der Waals surface area contributed by atoms with Gasteiger partial charge in [-0.15, -0.1) is 11.3 Å². The van der Waals surface area contributed by atoms with Crippen molar-refractivity contribution in [2.24, 2.45) is 0 Å². The number of ether oxygens (including phenoxy) is 2. The Balaban J connectivity index is 2.12. The van der Waals surface area contributed by atoms with E-state index < -0.39 is 0 Å². The molecular weight excluding hydrogens is 318 g/mol. The molecule has 0 spiro atoms. The van der Waals surface area contributed by atoms with Crippen molar-refractivity contribution >= 4 is 17.0 Å². The number of hydrogen-bond acceptors (Lipinski definition) is 4. The predicted molar refractivity (Wildman–Crippen MR) is 102 cm³/mol. The van der Waals surface area contributed by atoms with Crippen molar-refractivity contribution in [2.45, 2.75) is 13.8 Å². The van der Waals surface area contributed by atoms with Crippen LogP contribution in [0.2, 0.25) is 0 Å². The van der Waals surface area contributed by atoms with Gasteiger partial charge in [-0.25, -0.2) is 0 Å². The third-order valence-corrected chi connectivity index (χ3v) is 5.27. The van der Waals surface area contributed by atoms with E-state index in [9.17, 15) is 0 Å². The molecule has 0 aliphatic rings. The lowest BCUT2D eigenvalue weighted by Gasteiger charge is -2.12. The van der Waals surface area contributed by atoms with E-state index in [4.69, 9.17) is 15.2 Å². The summed E-state index contributed by atoms with van der Waals surface area (Å²) >= 11 is 1.72. The first-order valence-electron chi connectivity index (χ1n) is 7.72. The summed E-state index contributed by atoms with van der Waals surface area (Å²) in [5.74, 6) is 1.61. The monoisotopic (exact) mass is 339 g/mol. The van der Waals surface area contributed by atoms with E-state index in [2.05, 4.69) is 37.4 Å². The molecule has 0 fully saturated rings. The fourth-order valence-corrected chi connectivity index (χ4v) is 3.74. The van der Waals surface area contributed by atoms with E-state index >= 15 is 0 Å². The fraction of sp³-hybridized carbons (Fsp3) is 0.200. The first kappa shape index (κ1) is 16.4. The van der Waals surface area contributed by atoms with Gasteiger partial charge in [-0.05, 0) is 65.7 Å². The minimum atomic E-state index is 0.643. The number of nitrogens with two attached hydrogens (primary N) is 1. The molecule has 0 aliphatic heterocycles. The highest BCUT2D eigenvalue weighted by Gasteiger charge is 2.13. The molecule has 1 aromatic heterocycles. The Morgan fingerprint density at radius 3 is 2.29 bits per heavy atom. The van der Waals surface area contributed by atoms with Crippen molar-refractivity contribution in [3.8, 4) is 33.1 Å². The number of aryl methyl sites for hydroxylation is 1. The number of thiophene rings is 1. The minimum Gasteiger partial charge on any atom is -0.496 e. The van der Waals surface area contributed by atoms with Crippen LogP contribution in [0.5, 0.6) is 11.5 Å². The Bertz CT molecular complexity index is 883. The van der Waals surface area contributed by atoms with Crippen LogP contribution >= 0.6 is 11.3 Å². The maximum atomic E-state index is 6.07. The van der Waals surface area contributed by atoms with Crippen LogP contribution in [0.25, 0.3) is 21.6 Å². The van der Waals surface area contributed by atoms with Gasteiger partial charge in [0.2, 0.25) is 0 Å². The van der Waals surface area contributed by atoms with Gasteiger partial charge in [0.15, 0.2) is 0 Å². The van der Waals surface area contributed by atoms with Gasteiger partial charge >= 0.3 is 0 Å². The Kier molecular flexibility index (Phi) is 4.49. The molecule has 0 radical (unpaired) electrons. The molecule has 0 atom stereocenters. The Morgan fingerprint density at radius 1 is 0.875 bits per heavy atom. The number of benzene rings is 2. The van der Waals surface area contributed by atoms with Crippen LogP contribution in [0.15, 0.2) is 41.8 Å². The van der Waals surface area contributed by atoms with Crippen molar-refractivity contribution in [1.29, 1.82) is 0 Å². The van der Waals surface area contributed by atoms with Gasteiger partial charge in [0.1, 0.15) is 11.5 Å². The van der Waals surface area contributed by atoms with Crippen molar-refractivity contribution in [2.75, 3.05) is 20.0 Å². The molecule has 2 N–H and O–H groups in total. The van der Waals surface area contributed by atoms with Crippen molar-refractivity contribution in [3.05, 3.63) is 52.9 Å². The summed E-state index contributed by atoms with van der Waals surface area (Å²) in [5.41, 5.74) is 12.5. The average molecular weight is 339 g/mol. The fourth-order valence-electron chi connectivity index (χ4n) is 2.83. The zero-order valence-corrected chi connectivity index (χ0v) is 15.2. The molecule has 3 aromatic rings. The largest absolute Gasteiger partial charge is 0.496 e. The predicted octanol–water partition coefficient (Wildman–Crippen LogP) is 5.30. The Labute approximate surface area is 146 Å². The van der Waals surface area contributed by atoms with Crippen LogP contribution in [0.3, 0.4) is 0 Å². The topological polar surface area (TPSA) is 44.5 Å². The summed E-state index contributed by atoms with van der Waals surface area (Å²) in [6.07, 6.45) is 0. The summed E-state index contributed by atoms with van der Waals surface area (Å²) in [5, 5.41) is 2.10. The highest BCUT2D eigenvalue weighted by Crippen LogP contribution is 2.40. The zero-order valence-electron chi connectivity index (χ0n) is 14.3. The molecular formula is C20H21NO2S. The van der Waals surface area contributed by atoms with E-state index in [1.807, 2.05) is 18.2 Å². The molecule has 124 valence electrons. The molecule has 1 heterocycles. The molecule has 0 saturated carbocycles. The number of methoxy groups -OCH3 is 2. The minimum absolute atomic E-state index is 0.643. The second-order valence-electron chi connectivity index (χ2n) is 5.74. The summed E-state index contributed by atoms with van der Waals surface area (Å²) in [4.78, 5) is 1.21. The van der Waals surface area contributed by atoms with Crippen LogP contribution in [0.1, 0.15) is 11.1 Å². The molecule has 0 aliphatic carbocycles. The molecule has 2 aromatic carbocycles. The van der Waals surface area contributed by atoms with Gasteiger partial charge in [-0.1, -0.05) is 12.1 Å². The number of rotatable bonds is 4. The lowest BCUT2D eigenvalue weighted by atomic mass is 9.99. The number of anilines is 1. The number of hydrogen-bond donors (Lipinski definition) is 1. The standard InChI is InChI=1S/C20H21NO2S/c1-12-9-15(11-19(23-4)13(12)2)20-16(7-8-24-20)14-5-6-18(22-3)17(21)10-14/h5-11H,21H2,1-4H3. The van der Waals surface area contributed by atoms with Crippen molar-refractivity contribution in [1.82, 2.24) is 0 Å². The summed E-state index contributed by atoms with van der Waals surface area (Å²) in [6.45, 7) is 4.19. The maximum absolute atomic E-state index is 6.07. The second-order valence-corrected chi connectivity index (χ2v) is 6.66. The average Bonchev–Trinajstić information content (AvgIpc) is 3.06. The summed E-state index contributed by atoms with van der Waals surface area (Å²) < 4.78 is 10.8. The van der Waals surface area contributed by atoms with Gasteiger partial charge in [0.05, 0.1) is 19.9 Å². The van der Waals surface area contributed by atoms with E-state index in [1.165, 1.54) is 21.6 Å². The maximum Gasteiger partial charge on any atom is 0.141 e. The van der Waals surface area contributed by atoms with Gasteiger partial charge in [0.25, 0.3) is 0 Å². The second kappa shape index (κ2) is 6.57. The van der Waals surface area contributed by atoms with Crippen LogP contribution < -0.4 is 15.2 Å². The van der Waals surface area contributed by atoms with Gasteiger partial charge in [-0.2, -0.15) is 0 Å². The highest BCUT2D eigenvalue weighted by atomic mass is 32.1. The van der Waals surface area contributed by atoms with Gasteiger partial charge in [0, 0.05) is 10.4 Å². The highest BCUT2D eigenvalue weighted by molar-refractivity contribution is 7.14. The first-order chi connectivity index (χ1) is 11.5. The molecule has 4 heteroatoms. The lowest BCUT2D eigenvalue weighted by molar-refractivity contribution is 0.411. The lowest BCUT2D eigenvalue weighted by Crippen LogP contribution is -1.93. The van der Waals surface area contributed by atoms with Gasteiger partial charge in [-0.3, -0.25) is 0 Å². The van der Waals surface area contributed by atoms with Crippen LogP contribution in [0, 0.1) is 13.8 Å². The Hall–Kier alpha value is -2.46. The molecule has 0 amide bonds. The summed E-state index contributed by atoms with van der Waals surface area (Å²) in [7, 11) is 3.34. The van der Waals surface area contributed by atoms with E-state index in [1.54, 1.807) is 25.6 Å². The third kappa shape index (κ3) is 2.85. The van der Waals surface area contributed by atoms with Crippen LogP contribution in [-0.2, 0) is 0 Å². The van der Waals surface area contributed by atoms with Crippen LogP contribution in [-0.4, -0.2) is 14.2 Å². The third-order valence-electron chi connectivity index (χ3n) is 4.31. The Morgan fingerprint density at radius 2 is 1.62 bits per heavy atom.